The van der Waals surface area contributed by atoms with Crippen LogP contribution in [0.4, 0.5) is 0 Å². The minimum Gasteiger partial charge on any atom is -0.397 e. The largest absolute Gasteiger partial charge is 0.397 e. The maximum absolute atomic E-state index is 5.73. The second-order valence-electron chi connectivity index (χ2n) is 5.26. The van der Waals surface area contributed by atoms with Crippen molar-refractivity contribution in [2.24, 2.45) is 10.9 Å². The lowest BCUT2D eigenvalue weighted by molar-refractivity contribution is 0.204. The Morgan fingerprint density at radius 3 is 2.11 bits per heavy atom. The van der Waals surface area contributed by atoms with E-state index in [-0.39, 0.29) is 0 Å². The summed E-state index contributed by atoms with van der Waals surface area (Å²) in [6, 6.07) is 0. The van der Waals surface area contributed by atoms with Crippen molar-refractivity contribution >= 4 is 15.0 Å². The molecule has 0 aromatic rings. The van der Waals surface area contributed by atoms with Crippen LogP contribution in [0.1, 0.15) is 54.4 Å². The summed E-state index contributed by atoms with van der Waals surface area (Å²) >= 11 is 0. The molecule has 0 saturated carbocycles. The van der Waals surface area contributed by atoms with Crippen LogP contribution in [0.15, 0.2) is 4.99 Å². The SMILES string of the molecule is CCO[SiH](OCC)C(C)CCN=C(C)CC(C)C. The summed E-state index contributed by atoms with van der Waals surface area (Å²) in [6.45, 7) is 15.3. The Balaban J connectivity index is 4.02. The molecule has 0 bridgehead atoms. The first-order valence-electron chi connectivity index (χ1n) is 7.24. The fourth-order valence-corrected chi connectivity index (χ4v) is 3.79. The lowest BCUT2D eigenvalue weighted by Crippen LogP contribution is -2.28. The molecule has 0 aliphatic heterocycles. The highest BCUT2D eigenvalue weighted by Gasteiger charge is 2.20. The summed E-state index contributed by atoms with van der Waals surface area (Å²) in [6.07, 6.45) is 2.18. The Morgan fingerprint density at radius 1 is 1.11 bits per heavy atom. The molecule has 0 aromatic heterocycles. The van der Waals surface area contributed by atoms with Gasteiger partial charge in [0.2, 0.25) is 0 Å². The van der Waals surface area contributed by atoms with Crippen LogP contribution in [-0.2, 0) is 8.85 Å². The molecule has 0 aliphatic carbocycles. The Kier molecular flexibility index (Phi) is 10.6. The predicted molar refractivity (Wildman–Crippen MR) is 81.9 cm³/mol. The van der Waals surface area contributed by atoms with E-state index in [2.05, 4.69) is 32.7 Å². The van der Waals surface area contributed by atoms with Crippen molar-refractivity contribution < 1.29 is 8.85 Å². The fraction of sp³-hybridized carbons (Fsp3) is 0.929. The number of aliphatic imine (C=N–C) groups is 1. The van der Waals surface area contributed by atoms with Crippen LogP contribution >= 0.6 is 0 Å². The molecule has 0 N–H and O–H groups in total. The highest BCUT2D eigenvalue weighted by atomic mass is 28.3. The van der Waals surface area contributed by atoms with E-state index in [0.717, 1.165) is 32.6 Å². The summed E-state index contributed by atoms with van der Waals surface area (Å²) in [5.41, 5.74) is 1.80. The zero-order valence-electron chi connectivity index (χ0n) is 13.0. The van der Waals surface area contributed by atoms with Gasteiger partial charge in [-0.2, -0.15) is 0 Å². The van der Waals surface area contributed by atoms with E-state index in [1.165, 1.54) is 5.71 Å². The smallest absolute Gasteiger partial charge is 0.324 e. The summed E-state index contributed by atoms with van der Waals surface area (Å²) in [7, 11) is -1.49. The highest BCUT2D eigenvalue weighted by molar-refractivity contribution is 6.46. The van der Waals surface area contributed by atoms with Crippen molar-refractivity contribution in [3.63, 3.8) is 0 Å². The van der Waals surface area contributed by atoms with Gasteiger partial charge in [0, 0.05) is 25.5 Å². The van der Waals surface area contributed by atoms with E-state index >= 15 is 0 Å². The third-order valence-electron chi connectivity index (χ3n) is 2.80. The van der Waals surface area contributed by atoms with Gasteiger partial charge in [-0.1, -0.05) is 20.8 Å². The number of nitrogens with zero attached hydrogens (tertiary/aromatic N) is 1. The standard InChI is InChI=1S/C14H31NO2Si/c1-7-16-18(17-8-2)14(6)9-10-15-13(5)11-12(3)4/h12,14,18H,7-11H2,1-6H3. The van der Waals surface area contributed by atoms with Crippen LogP contribution in [0.2, 0.25) is 5.54 Å². The maximum atomic E-state index is 5.73. The minimum absolute atomic E-state index is 0.528. The van der Waals surface area contributed by atoms with Crippen LogP contribution in [0.25, 0.3) is 0 Å². The van der Waals surface area contributed by atoms with E-state index in [1.54, 1.807) is 0 Å². The van der Waals surface area contributed by atoms with Gasteiger partial charge in [-0.15, -0.1) is 0 Å². The summed E-state index contributed by atoms with van der Waals surface area (Å²) in [5.74, 6) is 0.695. The fourth-order valence-electron chi connectivity index (χ4n) is 1.96. The molecule has 0 aliphatic rings. The third-order valence-corrected chi connectivity index (χ3v) is 5.38. The van der Waals surface area contributed by atoms with Gasteiger partial charge in [0.15, 0.2) is 0 Å². The normalized spacial score (nSPS) is 14.6. The average Bonchev–Trinajstić information content (AvgIpc) is 2.27. The second kappa shape index (κ2) is 10.7. The number of hydrogen-bond acceptors (Lipinski definition) is 3. The molecule has 0 amide bonds. The van der Waals surface area contributed by atoms with Crippen molar-refractivity contribution in [3.05, 3.63) is 0 Å². The first kappa shape index (κ1) is 17.8. The molecule has 3 nitrogen and oxygen atoms in total. The highest BCUT2D eigenvalue weighted by Crippen LogP contribution is 2.16. The molecule has 0 heterocycles. The van der Waals surface area contributed by atoms with Gasteiger partial charge in [-0.25, -0.2) is 0 Å². The molecule has 0 radical (unpaired) electrons. The Hall–Kier alpha value is -0.193. The maximum Gasteiger partial charge on any atom is 0.324 e. The van der Waals surface area contributed by atoms with E-state index in [9.17, 15) is 0 Å². The Morgan fingerprint density at radius 2 is 1.67 bits per heavy atom. The zero-order valence-corrected chi connectivity index (χ0v) is 14.2. The van der Waals surface area contributed by atoms with E-state index in [1.807, 2.05) is 13.8 Å². The van der Waals surface area contributed by atoms with Crippen LogP contribution in [0.5, 0.6) is 0 Å². The lowest BCUT2D eigenvalue weighted by atomic mass is 10.1. The van der Waals surface area contributed by atoms with Gasteiger partial charge in [-0.3, -0.25) is 4.99 Å². The molecule has 0 aromatic carbocycles. The Bertz CT molecular complexity index is 226. The van der Waals surface area contributed by atoms with E-state index < -0.39 is 9.28 Å². The molecular formula is C14H31NO2Si. The van der Waals surface area contributed by atoms with Crippen molar-refractivity contribution in [2.45, 2.75) is 59.9 Å². The lowest BCUT2D eigenvalue weighted by Gasteiger charge is -2.20. The van der Waals surface area contributed by atoms with Gasteiger partial charge in [0.1, 0.15) is 0 Å². The molecule has 0 spiro atoms. The van der Waals surface area contributed by atoms with Gasteiger partial charge < -0.3 is 8.85 Å². The number of hydrogen-bond donors (Lipinski definition) is 0. The van der Waals surface area contributed by atoms with Crippen LogP contribution in [0, 0.1) is 5.92 Å². The van der Waals surface area contributed by atoms with E-state index in [4.69, 9.17) is 8.85 Å². The minimum atomic E-state index is -1.49. The first-order valence-corrected chi connectivity index (χ1v) is 8.85. The molecule has 1 unspecified atom stereocenters. The molecule has 18 heavy (non-hydrogen) atoms. The van der Waals surface area contributed by atoms with Gasteiger partial charge in [-0.05, 0) is 45.1 Å². The monoisotopic (exact) mass is 273 g/mol. The summed E-state index contributed by atoms with van der Waals surface area (Å²) in [4.78, 5) is 4.63. The molecule has 4 heteroatoms. The van der Waals surface area contributed by atoms with Crippen LogP contribution in [0.3, 0.4) is 0 Å². The zero-order chi connectivity index (χ0) is 14.0. The summed E-state index contributed by atoms with van der Waals surface area (Å²) in [5, 5.41) is 0. The van der Waals surface area contributed by atoms with Crippen molar-refractivity contribution in [3.8, 4) is 0 Å². The second-order valence-corrected chi connectivity index (χ2v) is 7.80. The molecule has 0 fully saturated rings. The topological polar surface area (TPSA) is 30.8 Å². The van der Waals surface area contributed by atoms with Gasteiger partial charge in [0.05, 0.1) is 0 Å². The average molecular weight is 273 g/mol. The van der Waals surface area contributed by atoms with Crippen LogP contribution in [-0.4, -0.2) is 34.8 Å². The molecule has 0 saturated heterocycles. The molecule has 1 atom stereocenters. The number of rotatable bonds is 10. The van der Waals surface area contributed by atoms with Crippen molar-refractivity contribution in [2.75, 3.05) is 19.8 Å². The van der Waals surface area contributed by atoms with Crippen molar-refractivity contribution in [1.29, 1.82) is 0 Å². The predicted octanol–water partition coefficient (Wildman–Crippen LogP) is 3.57. The van der Waals surface area contributed by atoms with Crippen molar-refractivity contribution in [1.82, 2.24) is 0 Å². The van der Waals surface area contributed by atoms with E-state index in [0.29, 0.717) is 11.5 Å². The first-order chi connectivity index (χ1) is 8.51. The van der Waals surface area contributed by atoms with Crippen LogP contribution < -0.4 is 0 Å². The van der Waals surface area contributed by atoms with Gasteiger partial charge in [0.25, 0.3) is 0 Å². The quantitative estimate of drug-likeness (QED) is 0.450. The molecule has 0 rings (SSSR count). The Labute approximate surface area is 115 Å². The van der Waals surface area contributed by atoms with Gasteiger partial charge >= 0.3 is 9.28 Å². The molecule has 108 valence electrons. The third kappa shape index (κ3) is 8.83. The molecular weight excluding hydrogens is 242 g/mol. The summed E-state index contributed by atoms with van der Waals surface area (Å²) < 4.78 is 11.5.